The third-order valence-electron chi connectivity index (χ3n) is 2.63. The standard InChI is InChI=1S/C12H23N3O/c1-4-6-11-9-12(15(3)14-11)13-10(2)7-5-8-16/h9-10,13,16H,4-8H2,1-3H3. The fourth-order valence-corrected chi connectivity index (χ4v) is 1.76. The maximum atomic E-state index is 8.76. The van der Waals surface area contributed by atoms with Crippen molar-refractivity contribution in [3.8, 4) is 0 Å². The third kappa shape index (κ3) is 3.85. The molecule has 1 unspecified atom stereocenters. The molecule has 1 rings (SSSR count). The monoisotopic (exact) mass is 225 g/mol. The van der Waals surface area contributed by atoms with Gasteiger partial charge in [0.1, 0.15) is 5.82 Å². The van der Waals surface area contributed by atoms with Crippen LogP contribution in [-0.2, 0) is 13.5 Å². The Bertz CT molecular complexity index is 309. The highest BCUT2D eigenvalue weighted by Gasteiger charge is 2.07. The first-order chi connectivity index (χ1) is 7.67. The molecule has 0 fully saturated rings. The normalized spacial score (nSPS) is 12.8. The van der Waals surface area contributed by atoms with Crippen LogP contribution in [-0.4, -0.2) is 27.5 Å². The van der Waals surface area contributed by atoms with Crippen molar-refractivity contribution in [2.24, 2.45) is 7.05 Å². The molecule has 0 spiro atoms. The number of hydrogen-bond donors (Lipinski definition) is 2. The van der Waals surface area contributed by atoms with Gasteiger partial charge in [0.25, 0.3) is 0 Å². The summed E-state index contributed by atoms with van der Waals surface area (Å²) in [7, 11) is 1.96. The molecular formula is C12H23N3O. The summed E-state index contributed by atoms with van der Waals surface area (Å²) < 4.78 is 1.89. The van der Waals surface area contributed by atoms with Crippen LogP contribution >= 0.6 is 0 Å². The second kappa shape index (κ2) is 6.53. The zero-order chi connectivity index (χ0) is 12.0. The van der Waals surface area contributed by atoms with Crippen LogP contribution in [0.25, 0.3) is 0 Å². The van der Waals surface area contributed by atoms with Gasteiger partial charge in [0.05, 0.1) is 5.69 Å². The van der Waals surface area contributed by atoms with Crippen molar-refractivity contribution in [1.29, 1.82) is 0 Å². The van der Waals surface area contributed by atoms with Gasteiger partial charge in [0.15, 0.2) is 0 Å². The number of aliphatic hydroxyl groups is 1. The zero-order valence-electron chi connectivity index (χ0n) is 10.5. The van der Waals surface area contributed by atoms with Crippen LogP contribution in [0.15, 0.2) is 6.07 Å². The Morgan fingerprint density at radius 2 is 2.31 bits per heavy atom. The Labute approximate surface area is 97.7 Å². The Morgan fingerprint density at radius 1 is 1.56 bits per heavy atom. The lowest BCUT2D eigenvalue weighted by Crippen LogP contribution is -2.17. The number of aryl methyl sites for hydroxylation is 2. The SMILES string of the molecule is CCCc1cc(NC(C)CCCO)n(C)n1. The fourth-order valence-electron chi connectivity index (χ4n) is 1.76. The predicted molar refractivity (Wildman–Crippen MR) is 66.6 cm³/mol. The number of anilines is 1. The van der Waals surface area contributed by atoms with Gasteiger partial charge in [-0.3, -0.25) is 4.68 Å². The van der Waals surface area contributed by atoms with Crippen LogP contribution in [0.1, 0.15) is 38.8 Å². The number of aromatic nitrogens is 2. The van der Waals surface area contributed by atoms with Gasteiger partial charge in [-0.25, -0.2) is 0 Å². The van der Waals surface area contributed by atoms with Gasteiger partial charge < -0.3 is 10.4 Å². The zero-order valence-corrected chi connectivity index (χ0v) is 10.5. The highest BCUT2D eigenvalue weighted by molar-refractivity contribution is 5.37. The van der Waals surface area contributed by atoms with Crippen LogP contribution in [0.5, 0.6) is 0 Å². The molecule has 2 N–H and O–H groups in total. The van der Waals surface area contributed by atoms with Gasteiger partial charge >= 0.3 is 0 Å². The Balaban J connectivity index is 2.52. The Kier molecular flexibility index (Phi) is 5.32. The minimum atomic E-state index is 0.262. The van der Waals surface area contributed by atoms with Crippen molar-refractivity contribution in [2.75, 3.05) is 11.9 Å². The molecule has 0 aromatic carbocycles. The minimum Gasteiger partial charge on any atom is -0.396 e. The van der Waals surface area contributed by atoms with Gasteiger partial charge in [-0.05, 0) is 26.2 Å². The molecule has 0 aliphatic rings. The first-order valence-electron chi connectivity index (χ1n) is 6.07. The van der Waals surface area contributed by atoms with E-state index in [0.717, 1.165) is 37.2 Å². The van der Waals surface area contributed by atoms with Crippen molar-refractivity contribution in [3.63, 3.8) is 0 Å². The summed E-state index contributed by atoms with van der Waals surface area (Å²) in [5.41, 5.74) is 1.14. The number of hydrogen-bond acceptors (Lipinski definition) is 3. The highest BCUT2D eigenvalue weighted by atomic mass is 16.2. The average Bonchev–Trinajstić information content (AvgIpc) is 2.57. The molecule has 0 saturated carbocycles. The van der Waals surface area contributed by atoms with Gasteiger partial charge in [-0.1, -0.05) is 13.3 Å². The number of nitrogens with zero attached hydrogens (tertiary/aromatic N) is 2. The molecular weight excluding hydrogens is 202 g/mol. The summed E-state index contributed by atoms with van der Waals surface area (Å²) in [5.74, 6) is 1.06. The van der Waals surface area contributed by atoms with Crippen LogP contribution in [0.3, 0.4) is 0 Å². The Hall–Kier alpha value is -1.03. The molecule has 4 nitrogen and oxygen atoms in total. The number of nitrogens with one attached hydrogen (secondary N) is 1. The topological polar surface area (TPSA) is 50.1 Å². The minimum absolute atomic E-state index is 0.262. The molecule has 92 valence electrons. The molecule has 0 saturated heterocycles. The van der Waals surface area contributed by atoms with Gasteiger partial charge in [-0.15, -0.1) is 0 Å². The van der Waals surface area contributed by atoms with E-state index in [4.69, 9.17) is 5.11 Å². The van der Waals surface area contributed by atoms with E-state index in [1.807, 2.05) is 11.7 Å². The lowest BCUT2D eigenvalue weighted by Gasteiger charge is -2.14. The number of aliphatic hydroxyl groups excluding tert-OH is 1. The van der Waals surface area contributed by atoms with Gasteiger partial charge in [-0.2, -0.15) is 5.10 Å². The van der Waals surface area contributed by atoms with E-state index in [-0.39, 0.29) is 6.61 Å². The molecule has 0 amide bonds. The fraction of sp³-hybridized carbons (Fsp3) is 0.750. The molecule has 1 heterocycles. The number of rotatable bonds is 7. The summed E-state index contributed by atoms with van der Waals surface area (Å²) in [6, 6.07) is 2.48. The predicted octanol–water partition coefficient (Wildman–Crippen LogP) is 1.95. The third-order valence-corrected chi connectivity index (χ3v) is 2.63. The van der Waals surface area contributed by atoms with E-state index in [2.05, 4.69) is 30.3 Å². The summed E-state index contributed by atoms with van der Waals surface area (Å²) in [6.07, 6.45) is 3.97. The van der Waals surface area contributed by atoms with Crippen LogP contribution in [0, 0.1) is 0 Å². The Morgan fingerprint density at radius 3 is 2.94 bits per heavy atom. The first kappa shape index (κ1) is 13.0. The van der Waals surface area contributed by atoms with Gasteiger partial charge in [0.2, 0.25) is 0 Å². The molecule has 1 aromatic rings. The second-order valence-electron chi connectivity index (χ2n) is 4.31. The van der Waals surface area contributed by atoms with Gasteiger partial charge in [0, 0.05) is 25.8 Å². The van der Waals surface area contributed by atoms with Crippen molar-refractivity contribution in [2.45, 2.75) is 45.6 Å². The van der Waals surface area contributed by atoms with Crippen LogP contribution < -0.4 is 5.32 Å². The quantitative estimate of drug-likeness (QED) is 0.745. The first-order valence-corrected chi connectivity index (χ1v) is 6.07. The van der Waals surface area contributed by atoms with E-state index in [1.165, 1.54) is 0 Å². The molecule has 1 aromatic heterocycles. The van der Waals surface area contributed by atoms with Crippen molar-refractivity contribution >= 4 is 5.82 Å². The second-order valence-corrected chi connectivity index (χ2v) is 4.31. The van der Waals surface area contributed by atoms with Crippen LogP contribution in [0.2, 0.25) is 0 Å². The van der Waals surface area contributed by atoms with E-state index in [0.29, 0.717) is 6.04 Å². The van der Waals surface area contributed by atoms with E-state index in [9.17, 15) is 0 Å². The molecule has 0 aliphatic carbocycles. The lowest BCUT2D eigenvalue weighted by molar-refractivity contribution is 0.282. The summed E-state index contributed by atoms with van der Waals surface area (Å²) in [4.78, 5) is 0. The van der Waals surface area contributed by atoms with Crippen molar-refractivity contribution < 1.29 is 5.11 Å². The smallest absolute Gasteiger partial charge is 0.124 e. The van der Waals surface area contributed by atoms with E-state index in [1.54, 1.807) is 0 Å². The maximum Gasteiger partial charge on any atom is 0.124 e. The van der Waals surface area contributed by atoms with Crippen molar-refractivity contribution in [1.82, 2.24) is 9.78 Å². The highest BCUT2D eigenvalue weighted by Crippen LogP contribution is 2.13. The van der Waals surface area contributed by atoms with Crippen molar-refractivity contribution in [3.05, 3.63) is 11.8 Å². The largest absolute Gasteiger partial charge is 0.396 e. The molecule has 0 radical (unpaired) electrons. The molecule has 4 heteroatoms. The summed E-state index contributed by atoms with van der Waals surface area (Å²) in [5, 5.41) is 16.6. The molecule has 0 bridgehead atoms. The molecule has 16 heavy (non-hydrogen) atoms. The van der Waals surface area contributed by atoms with Crippen LogP contribution in [0.4, 0.5) is 5.82 Å². The van der Waals surface area contributed by atoms with E-state index >= 15 is 0 Å². The molecule has 1 atom stereocenters. The lowest BCUT2D eigenvalue weighted by atomic mass is 10.2. The molecule has 0 aliphatic heterocycles. The average molecular weight is 225 g/mol. The van der Waals surface area contributed by atoms with E-state index < -0.39 is 0 Å². The summed E-state index contributed by atoms with van der Waals surface area (Å²) >= 11 is 0. The summed E-state index contributed by atoms with van der Waals surface area (Å²) in [6.45, 7) is 4.55. The maximum absolute atomic E-state index is 8.76.